The van der Waals surface area contributed by atoms with Crippen molar-refractivity contribution < 1.29 is 5.11 Å². The lowest BCUT2D eigenvalue weighted by Gasteiger charge is -2.20. The lowest BCUT2D eigenvalue weighted by molar-refractivity contribution is 0.0615. The van der Waals surface area contributed by atoms with E-state index in [-0.39, 0.29) is 0 Å². The third kappa shape index (κ3) is 2.56. The minimum atomic E-state index is -0.840. The maximum Gasteiger partial charge on any atom is 0.102 e. The first-order valence-electron chi connectivity index (χ1n) is 6.18. The van der Waals surface area contributed by atoms with Crippen LogP contribution in [0.4, 0.5) is 0 Å². The monoisotopic (exact) mass is 289 g/mol. The van der Waals surface area contributed by atoms with E-state index in [1.807, 2.05) is 37.3 Å². The Labute approximate surface area is 120 Å². The minimum Gasteiger partial charge on any atom is -0.384 e. The Balaban J connectivity index is 1.91. The second-order valence-electron chi connectivity index (χ2n) is 4.94. The number of hydrogen-bond acceptors (Lipinski definition) is 4. The SMILES string of the molecule is Cc1ccc(C(C)(O)Cc2nc3ccccc3s2)s1. The van der Waals surface area contributed by atoms with E-state index in [0.717, 1.165) is 15.4 Å². The molecule has 0 aliphatic heterocycles. The van der Waals surface area contributed by atoms with Gasteiger partial charge in [-0.1, -0.05) is 12.1 Å². The summed E-state index contributed by atoms with van der Waals surface area (Å²) in [6.45, 7) is 3.92. The van der Waals surface area contributed by atoms with Gasteiger partial charge in [-0.25, -0.2) is 4.98 Å². The lowest BCUT2D eigenvalue weighted by Crippen LogP contribution is -2.22. The van der Waals surface area contributed by atoms with E-state index < -0.39 is 5.60 Å². The fourth-order valence-corrected chi connectivity index (χ4v) is 4.13. The van der Waals surface area contributed by atoms with Crippen molar-refractivity contribution in [3.63, 3.8) is 0 Å². The van der Waals surface area contributed by atoms with Crippen LogP contribution in [0.15, 0.2) is 36.4 Å². The van der Waals surface area contributed by atoms with Gasteiger partial charge in [0.25, 0.3) is 0 Å². The predicted molar refractivity (Wildman–Crippen MR) is 82.0 cm³/mol. The number of hydrogen-bond donors (Lipinski definition) is 1. The van der Waals surface area contributed by atoms with E-state index in [1.165, 1.54) is 9.58 Å². The molecule has 1 aromatic carbocycles. The molecule has 0 aliphatic carbocycles. The summed E-state index contributed by atoms with van der Waals surface area (Å²) in [6.07, 6.45) is 0.562. The molecule has 3 rings (SSSR count). The Hall–Kier alpha value is -1.23. The smallest absolute Gasteiger partial charge is 0.102 e. The van der Waals surface area contributed by atoms with Crippen LogP contribution in [0.3, 0.4) is 0 Å². The van der Waals surface area contributed by atoms with Crippen LogP contribution in [0.25, 0.3) is 10.2 Å². The molecule has 0 spiro atoms. The summed E-state index contributed by atoms with van der Waals surface area (Å²) in [4.78, 5) is 6.82. The number of aryl methyl sites for hydroxylation is 1. The Morgan fingerprint density at radius 2 is 1.95 bits per heavy atom. The van der Waals surface area contributed by atoms with E-state index >= 15 is 0 Å². The zero-order valence-electron chi connectivity index (χ0n) is 10.9. The molecule has 0 saturated heterocycles. The van der Waals surface area contributed by atoms with E-state index in [9.17, 15) is 5.11 Å². The fraction of sp³-hybridized carbons (Fsp3) is 0.267. The Bertz CT molecular complexity index is 679. The van der Waals surface area contributed by atoms with Gasteiger partial charge >= 0.3 is 0 Å². The lowest BCUT2D eigenvalue weighted by atomic mass is 10.0. The number of nitrogens with zero attached hydrogens (tertiary/aromatic N) is 1. The summed E-state index contributed by atoms with van der Waals surface area (Å²) in [7, 11) is 0. The molecule has 1 atom stereocenters. The molecule has 0 fully saturated rings. The molecular weight excluding hydrogens is 274 g/mol. The van der Waals surface area contributed by atoms with Gasteiger partial charge < -0.3 is 5.11 Å². The van der Waals surface area contributed by atoms with E-state index in [0.29, 0.717) is 6.42 Å². The van der Waals surface area contributed by atoms with Crippen LogP contribution < -0.4 is 0 Å². The van der Waals surface area contributed by atoms with Crippen LogP contribution in [0.2, 0.25) is 0 Å². The molecule has 0 radical (unpaired) electrons. The molecule has 98 valence electrons. The molecule has 0 amide bonds. The summed E-state index contributed by atoms with van der Waals surface area (Å²) in [5.41, 5.74) is 0.174. The standard InChI is InChI=1S/C15H15NOS2/c1-10-7-8-13(18-10)15(2,17)9-14-16-11-5-3-4-6-12(11)19-14/h3-8,17H,9H2,1-2H3. The zero-order chi connectivity index (χ0) is 13.5. The number of rotatable bonds is 3. The number of para-hydroxylation sites is 1. The van der Waals surface area contributed by atoms with Crippen molar-refractivity contribution in [1.29, 1.82) is 0 Å². The second-order valence-corrected chi connectivity index (χ2v) is 7.34. The van der Waals surface area contributed by atoms with Crippen LogP contribution >= 0.6 is 22.7 Å². The highest BCUT2D eigenvalue weighted by molar-refractivity contribution is 7.18. The Morgan fingerprint density at radius 1 is 1.16 bits per heavy atom. The molecule has 3 aromatic rings. The van der Waals surface area contributed by atoms with Crippen LogP contribution in [0.1, 0.15) is 21.7 Å². The maximum absolute atomic E-state index is 10.7. The van der Waals surface area contributed by atoms with Crippen molar-refractivity contribution in [2.45, 2.75) is 25.9 Å². The normalized spacial score (nSPS) is 14.7. The quantitative estimate of drug-likeness (QED) is 0.787. The molecule has 0 aliphatic rings. The first kappa shape index (κ1) is 12.8. The molecule has 1 N–H and O–H groups in total. The summed E-state index contributed by atoms with van der Waals surface area (Å²) in [5.74, 6) is 0. The summed E-state index contributed by atoms with van der Waals surface area (Å²) in [6, 6.07) is 12.2. The van der Waals surface area contributed by atoms with Gasteiger partial charge in [0.2, 0.25) is 0 Å². The van der Waals surface area contributed by atoms with Crippen LogP contribution in [0, 0.1) is 6.92 Å². The highest BCUT2D eigenvalue weighted by Crippen LogP contribution is 2.33. The molecule has 1 unspecified atom stereocenters. The highest BCUT2D eigenvalue weighted by Gasteiger charge is 2.26. The molecule has 19 heavy (non-hydrogen) atoms. The summed E-state index contributed by atoms with van der Waals surface area (Å²) < 4.78 is 1.18. The van der Waals surface area contributed by atoms with Crippen LogP contribution in [-0.4, -0.2) is 10.1 Å². The molecule has 2 nitrogen and oxygen atoms in total. The second kappa shape index (κ2) is 4.71. The Kier molecular flexibility index (Phi) is 3.17. The van der Waals surface area contributed by atoms with Gasteiger partial charge in [0.05, 0.1) is 15.2 Å². The number of benzene rings is 1. The van der Waals surface area contributed by atoms with Crippen molar-refractivity contribution in [2.24, 2.45) is 0 Å². The zero-order valence-corrected chi connectivity index (χ0v) is 12.5. The molecule has 2 aromatic heterocycles. The topological polar surface area (TPSA) is 33.1 Å². The minimum absolute atomic E-state index is 0.562. The van der Waals surface area contributed by atoms with E-state index in [4.69, 9.17) is 0 Å². The molecular formula is C15H15NOS2. The van der Waals surface area contributed by atoms with Gasteiger partial charge in [-0.05, 0) is 38.1 Å². The molecule has 0 bridgehead atoms. The van der Waals surface area contributed by atoms with Crippen LogP contribution in [0.5, 0.6) is 0 Å². The third-order valence-corrected chi connectivity index (χ3v) is 5.39. The number of aromatic nitrogens is 1. The number of thiophene rings is 1. The van der Waals surface area contributed by atoms with Gasteiger partial charge in [0, 0.05) is 16.2 Å². The van der Waals surface area contributed by atoms with Crippen molar-refractivity contribution in [1.82, 2.24) is 4.98 Å². The first-order valence-corrected chi connectivity index (χ1v) is 7.82. The molecule has 2 heterocycles. The van der Waals surface area contributed by atoms with E-state index in [1.54, 1.807) is 22.7 Å². The maximum atomic E-state index is 10.7. The van der Waals surface area contributed by atoms with Crippen molar-refractivity contribution in [2.75, 3.05) is 0 Å². The average Bonchev–Trinajstić information content (AvgIpc) is 2.94. The number of aliphatic hydroxyl groups is 1. The van der Waals surface area contributed by atoms with Crippen molar-refractivity contribution in [3.8, 4) is 0 Å². The average molecular weight is 289 g/mol. The van der Waals surface area contributed by atoms with Gasteiger partial charge in [-0.3, -0.25) is 0 Å². The number of thiazole rings is 1. The van der Waals surface area contributed by atoms with Gasteiger partial charge in [-0.2, -0.15) is 0 Å². The first-order chi connectivity index (χ1) is 9.04. The largest absolute Gasteiger partial charge is 0.384 e. The van der Waals surface area contributed by atoms with Crippen LogP contribution in [-0.2, 0) is 12.0 Å². The third-order valence-electron chi connectivity index (χ3n) is 3.10. The van der Waals surface area contributed by atoms with Gasteiger partial charge in [0.1, 0.15) is 5.60 Å². The summed E-state index contributed by atoms with van der Waals surface area (Å²) in [5, 5.41) is 11.6. The van der Waals surface area contributed by atoms with Gasteiger partial charge in [-0.15, -0.1) is 22.7 Å². The van der Waals surface area contributed by atoms with E-state index in [2.05, 4.69) is 18.0 Å². The fourth-order valence-electron chi connectivity index (χ4n) is 2.10. The summed E-state index contributed by atoms with van der Waals surface area (Å²) >= 11 is 3.31. The van der Waals surface area contributed by atoms with Crippen molar-refractivity contribution >= 4 is 32.9 Å². The molecule has 0 saturated carbocycles. The highest BCUT2D eigenvalue weighted by atomic mass is 32.1. The number of fused-ring (bicyclic) bond motifs is 1. The van der Waals surface area contributed by atoms with Gasteiger partial charge in [0.15, 0.2) is 0 Å². The molecule has 4 heteroatoms. The van der Waals surface area contributed by atoms with Crippen molar-refractivity contribution in [3.05, 3.63) is 51.2 Å². The predicted octanol–water partition coefficient (Wildman–Crippen LogP) is 4.12. The Morgan fingerprint density at radius 3 is 2.63 bits per heavy atom.